The van der Waals surface area contributed by atoms with Gasteiger partial charge in [0.05, 0.1) is 19.1 Å². The molecule has 0 unspecified atom stereocenters. The van der Waals surface area contributed by atoms with Crippen LogP contribution in [-0.4, -0.2) is 31.8 Å². The second-order valence-electron chi connectivity index (χ2n) is 5.42. The first-order valence-corrected chi connectivity index (χ1v) is 6.49. The Kier molecular flexibility index (Phi) is 3.54. The highest BCUT2D eigenvalue weighted by Gasteiger charge is 2.50. The van der Waals surface area contributed by atoms with Crippen LogP contribution >= 0.6 is 0 Å². The molecule has 1 aliphatic carbocycles. The molecule has 1 aromatic rings. The number of rotatable bonds is 4. The summed E-state index contributed by atoms with van der Waals surface area (Å²) in [5.74, 6) is 0.854. The van der Waals surface area contributed by atoms with E-state index in [-0.39, 0.29) is 12.5 Å². The number of ether oxygens (including phenoxy) is 1. The van der Waals surface area contributed by atoms with E-state index in [4.69, 9.17) is 4.74 Å². The molecule has 4 heteroatoms. The van der Waals surface area contributed by atoms with Gasteiger partial charge in [0, 0.05) is 12.7 Å². The number of hydrogen-bond donors (Lipinski definition) is 1. The monoisotopic (exact) mass is 263 g/mol. The van der Waals surface area contributed by atoms with Crippen molar-refractivity contribution in [3.63, 3.8) is 0 Å². The third-order valence-corrected chi connectivity index (χ3v) is 3.95. The van der Waals surface area contributed by atoms with E-state index in [1.54, 1.807) is 19.1 Å². The number of nitrogens with zero attached hydrogens (tertiary/aromatic N) is 1. The quantitative estimate of drug-likeness (QED) is 0.904. The van der Waals surface area contributed by atoms with Crippen LogP contribution in [0, 0.1) is 19.3 Å². The van der Waals surface area contributed by atoms with Crippen LogP contribution in [0.2, 0.25) is 0 Å². The predicted molar refractivity (Wildman–Crippen MR) is 74.6 cm³/mol. The number of aliphatic hydroxyl groups excluding tert-OH is 1. The topological polar surface area (TPSA) is 49.8 Å². The summed E-state index contributed by atoms with van der Waals surface area (Å²) in [5, 5.41) is 9.35. The second kappa shape index (κ2) is 4.85. The SMILES string of the molecule is COc1c(C)cc(N(C)C(=O)C2(CO)CC2)cc1C. The summed E-state index contributed by atoms with van der Waals surface area (Å²) in [6, 6.07) is 3.88. The van der Waals surface area contributed by atoms with E-state index in [1.165, 1.54) is 0 Å². The summed E-state index contributed by atoms with van der Waals surface area (Å²) < 4.78 is 5.33. The zero-order valence-corrected chi connectivity index (χ0v) is 12.0. The number of carbonyl (C=O) groups is 1. The molecule has 19 heavy (non-hydrogen) atoms. The molecule has 104 valence electrons. The van der Waals surface area contributed by atoms with E-state index < -0.39 is 5.41 Å². The lowest BCUT2D eigenvalue weighted by Crippen LogP contribution is -2.36. The molecule has 0 heterocycles. The van der Waals surface area contributed by atoms with Gasteiger partial charge in [0.25, 0.3) is 0 Å². The van der Waals surface area contributed by atoms with Gasteiger partial charge in [-0.15, -0.1) is 0 Å². The Hall–Kier alpha value is -1.55. The number of aryl methyl sites for hydroxylation is 2. The van der Waals surface area contributed by atoms with Crippen LogP contribution in [0.1, 0.15) is 24.0 Å². The average Bonchev–Trinajstić information content (AvgIpc) is 3.17. The van der Waals surface area contributed by atoms with Crippen molar-refractivity contribution in [3.8, 4) is 5.75 Å². The molecule has 4 nitrogen and oxygen atoms in total. The highest BCUT2D eigenvalue weighted by Crippen LogP contribution is 2.47. The molecule has 0 saturated heterocycles. The van der Waals surface area contributed by atoms with Gasteiger partial charge in [0.15, 0.2) is 0 Å². The molecule has 2 rings (SSSR count). The van der Waals surface area contributed by atoms with Crippen molar-refractivity contribution in [1.29, 1.82) is 0 Å². The molecule has 0 aliphatic heterocycles. The van der Waals surface area contributed by atoms with Gasteiger partial charge in [-0.1, -0.05) is 0 Å². The van der Waals surface area contributed by atoms with Gasteiger partial charge in [0.2, 0.25) is 5.91 Å². The van der Waals surface area contributed by atoms with E-state index in [0.29, 0.717) is 0 Å². The van der Waals surface area contributed by atoms with Crippen LogP contribution in [0.25, 0.3) is 0 Å². The van der Waals surface area contributed by atoms with Crippen LogP contribution in [0.15, 0.2) is 12.1 Å². The maximum atomic E-state index is 12.4. The van der Waals surface area contributed by atoms with E-state index in [1.807, 2.05) is 26.0 Å². The summed E-state index contributed by atoms with van der Waals surface area (Å²) in [5.41, 5.74) is 2.33. The smallest absolute Gasteiger partial charge is 0.235 e. The standard InChI is InChI=1S/C15H21NO3/c1-10-7-12(8-11(2)13(10)19-4)16(3)14(18)15(9-17)5-6-15/h7-8,17H,5-6,9H2,1-4H3. The Bertz CT molecular complexity index is 483. The lowest BCUT2D eigenvalue weighted by Gasteiger charge is -2.24. The molecule has 1 saturated carbocycles. The number of aliphatic hydroxyl groups is 1. The fraction of sp³-hybridized carbons (Fsp3) is 0.533. The van der Waals surface area contributed by atoms with Gasteiger partial charge < -0.3 is 14.7 Å². The minimum Gasteiger partial charge on any atom is -0.496 e. The Morgan fingerprint density at radius 1 is 1.37 bits per heavy atom. The fourth-order valence-corrected chi connectivity index (χ4v) is 2.51. The molecule has 0 bridgehead atoms. The highest BCUT2D eigenvalue weighted by atomic mass is 16.5. The molecule has 1 N–H and O–H groups in total. The number of carbonyl (C=O) groups excluding carboxylic acids is 1. The predicted octanol–water partition coefficient (Wildman–Crippen LogP) is 2.05. The van der Waals surface area contributed by atoms with Crippen molar-refractivity contribution >= 4 is 11.6 Å². The van der Waals surface area contributed by atoms with E-state index >= 15 is 0 Å². The van der Waals surface area contributed by atoms with Crippen LogP contribution in [0.4, 0.5) is 5.69 Å². The first-order valence-electron chi connectivity index (χ1n) is 6.49. The average molecular weight is 263 g/mol. The number of benzene rings is 1. The van der Waals surface area contributed by atoms with E-state index in [2.05, 4.69) is 0 Å². The van der Waals surface area contributed by atoms with Crippen molar-refractivity contribution < 1.29 is 14.6 Å². The molecular weight excluding hydrogens is 242 g/mol. The largest absolute Gasteiger partial charge is 0.496 e. The van der Waals surface area contributed by atoms with E-state index in [0.717, 1.165) is 35.4 Å². The molecular formula is C15H21NO3. The summed E-state index contributed by atoms with van der Waals surface area (Å²) in [4.78, 5) is 14.0. The second-order valence-corrected chi connectivity index (χ2v) is 5.42. The molecule has 1 amide bonds. The minimum absolute atomic E-state index is 0.000957. The fourth-order valence-electron chi connectivity index (χ4n) is 2.51. The van der Waals surface area contributed by atoms with Crippen molar-refractivity contribution in [1.82, 2.24) is 0 Å². The number of hydrogen-bond acceptors (Lipinski definition) is 3. The Morgan fingerprint density at radius 3 is 2.26 bits per heavy atom. The lowest BCUT2D eigenvalue weighted by molar-refractivity contribution is -0.124. The molecule has 1 aromatic carbocycles. The third-order valence-electron chi connectivity index (χ3n) is 3.95. The van der Waals surface area contributed by atoms with Crippen LogP contribution in [0.5, 0.6) is 5.75 Å². The Balaban J connectivity index is 2.30. The molecule has 0 radical (unpaired) electrons. The number of amides is 1. The summed E-state index contributed by atoms with van der Waals surface area (Å²) >= 11 is 0. The van der Waals surface area contributed by atoms with Gasteiger partial charge in [-0.05, 0) is 49.9 Å². The highest BCUT2D eigenvalue weighted by molar-refractivity contribution is 5.99. The maximum Gasteiger partial charge on any atom is 0.235 e. The zero-order valence-electron chi connectivity index (χ0n) is 12.0. The van der Waals surface area contributed by atoms with Gasteiger partial charge in [-0.2, -0.15) is 0 Å². The van der Waals surface area contributed by atoms with Crippen LogP contribution in [-0.2, 0) is 4.79 Å². The lowest BCUT2D eigenvalue weighted by atomic mass is 10.0. The third kappa shape index (κ3) is 2.32. The van der Waals surface area contributed by atoms with Crippen molar-refractivity contribution in [2.45, 2.75) is 26.7 Å². The number of methoxy groups -OCH3 is 1. The maximum absolute atomic E-state index is 12.4. The first kappa shape index (κ1) is 13.9. The van der Waals surface area contributed by atoms with E-state index in [9.17, 15) is 9.90 Å². The minimum atomic E-state index is -0.531. The van der Waals surface area contributed by atoms with Crippen molar-refractivity contribution in [2.24, 2.45) is 5.41 Å². The Labute approximate surface area is 114 Å². The van der Waals surface area contributed by atoms with Gasteiger partial charge in [-0.3, -0.25) is 4.79 Å². The van der Waals surface area contributed by atoms with Crippen molar-refractivity contribution in [3.05, 3.63) is 23.3 Å². The zero-order chi connectivity index (χ0) is 14.2. The molecule has 0 atom stereocenters. The van der Waals surface area contributed by atoms with Crippen molar-refractivity contribution in [2.75, 3.05) is 25.7 Å². The summed E-state index contributed by atoms with van der Waals surface area (Å²) in [6.45, 7) is 3.86. The molecule has 1 fully saturated rings. The van der Waals surface area contributed by atoms with Gasteiger partial charge >= 0.3 is 0 Å². The molecule has 0 spiro atoms. The van der Waals surface area contributed by atoms with Crippen LogP contribution in [0.3, 0.4) is 0 Å². The van der Waals surface area contributed by atoms with Gasteiger partial charge in [-0.25, -0.2) is 0 Å². The summed E-state index contributed by atoms with van der Waals surface area (Å²) in [7, 11) is 3.41. The first-order chi connectivity index (χ1) is 8.95. The normalized spacial score (nSPS) is 16.1. The molecule has 1 aliphatic rings. The summed E-state index contributed by atoms with van der Waals surface area (Å²) in [6.07, 6.45) is 1.56. The number of anilines is 1. The Morgan fingerprint density at radius 2 is 1.89 bits per heavy atom. The molecule has 0 aromatic heterocycles. The van der Waals surface area contributed by atoms with Gasteiger partial charge in [0.1, 0.15) is 5.75 Å². The van der Waals surface area contributed by atoms with Crippen LogP contribution < -0.4 is 9.64 Å².